The fourth-order valence-electron chi connectivity index (χ4n) is 4.29. The van der Waals surface area contributed by atoms with Crippen molar-refractivity contribution < 1.29 is 18.7 Å². The number of carbonyl (C=O) groups excluding carboxylic acids is 2. The van der Waals surface area contributed by atoms with Crippen molar-refractivity contribution in [3.8, 4) is 5.75 Å². The van der Waals surface area contributed by atoms with Gasteiger partial charge >= 0.3 is 0 Å². The summed E-state index contributed by atoms with van der Waals surface area (Å²) in [5.74, 6) is -0.853. The molecule has 176 valence electrons. The van der Waals surface area contributed by atoms with Gasteiger partial charge in [-0.25, -0.2) is 4.39 Å². The third-order valence-electron chi connectivity index (χ3n) is 6.92. The number of ether oxygens (including phenoxy) is 1. The number of hydrogen-bond acceptors (Lipinski definition) is 5. The van der Waals surface area contributed by atoms with E-state index in [0.29, 0.717) is 12.3 Å². The molecular weight excluding hydrogens is 411 g/mol. The number of rotatable bonds is 9. The Kier molecular flexibility index (Phi) is 7.51. The zero-order chi connectivity index (χ0) is 23.5. The van der Waals surface area contributed by atoms with Gasteiger partial charge in [0, 0.05) is 12.1 Å². The SMILES string of the molecule is CCC(CC)NC(=O)c1cc(F)c(N2N=NC(C)(CC)C2=O)cc1OC(C)C1CCCC1. The number of halogens is 1. The first kappa shape index (κ1) is 24.1. The summed E-state index contributed by atoms with van der Waals surface area (Å²) >= 11 is 0. The summed E-state index contributed by atoms with van der Waals surface area (Å²) in [5, 5.41) is 11.9. The smallest absolute Gasteiger partial charge is 0.278 e. The summed E-state index contributed by atoms with van der Waals surface area (Å²) in [5.41, 5.74) is -0.940. The normalized spacial score (nSPS) is 22.1. The predicted molar refractivity (Wildman–Crippen MR) is 121 cm³/mol. The minimum absolute atomic E-state index is 0.00966. The molecule has 1 N–H and O–H groups in total. The van der Waals surface area contributed by atoms with Gasteiger partial charge in [0.05, 0.1) is 11.7 Å². The number of nitrogens with zero attached hydrogens (tertiary/aromatic N) is 3. The zero-order valence-electron chi connectivity index (χ0n) is 19.8. The molecule has 1 aromatic rings. The van der Waals surface area contributed by atoms with Crippen LogP contribution in [0.5, 0.6) is 5.75 Å². The van der Waals surface area contributed by atoms with Crippen LogP contribution in [-0.2, 0) is 4.79 Å². The molecule has 1 aliphatic carbocycles. The number of nitrogens with one attached hydrogen (secondary N) is 1. The van der Waals surface area contributed by atoms with Gasteiger partial charge in [0.2, 0.25) is 0 Å². The fourth-order valence-corrected chi connectivity index (χ4v) is 4.29. The Morgan fingerprint density at radius 2 is 1.94 bits per heavy atom. The topological polar surface area (TPSA) is 83.4 Å². The molecule has 1 heterocycles. The summed E-state index contributed by atoms with van der Waals surface area (Å²) in [7, 11) is 0. The highest BCUT2D eigenvalue weighted by atomic mass is 19.1. The number of carbonyl (C=O) groups is 2. The van der Waals surface area contributed by atoms with E-state index in [4.69, 9.17) is 4.74 Å². The van der Waals surface area contributed by atoms with Crippen LogP contribution in [0.1, 0.15) is 89.9 Å². The second kappa shape index (κ2) is 9.96. The predicted octanol–water partition coefficient (Wildman–Crippen LogP) is 5.58. The molecule has 1 saturated carbocycles. The van der Waals surface area contributed by atoms with Gasteiger partial charge in [-0.2, -0.15) is 10.1 Å². The molecule has 0 bridgehead atoms. The molecule has 1 aromatic carbocycles. The third-order valence-corrected chi connectivity index (χ3v) is 6.92. The highest BCUT2D eigenvalue weighted by molar-refractivity contribution is 6.02. The minimum atomic E-state index is -1.02. The van der Waals surface area contributed by atoms with E-state index in [1.165, 1.54) is 6.07 Å². The second-order valence-corrected chi connectivity index (χ2v) is 9.09. The van der Waals surface area contributed by atoms with Crippen molar-refractivity contribution in [1.82, 2.24) is 5.32 Å². The molecule has 2 amide bonds. The number of amides is 2. The molecule has 1 fully saturated rings. The van der Waals surface area contributed by atoms with Crippen LogP contribution in [0.2, 0.25) is 0 Å². The lowest BCUT2D eigenvalue weighted by molar-refractivity contribution is -0.121. The first-order valence-corrected chi connectivity index (χ1v) is 11.8. The summed E-state index contributed by atoms with van der Waals surface area (Å²) in [6.07, 6.45) is 6.32. The van der Waals surface area contributed by atoms with E-state index in [2.05, 4.69) is 15.7 Å². The highest BCUT2D eigenvalue weighted by Gasteiger charge is 2.43. The van der Waals surface area contributed by atoms with Gasteiger partial charge in [0.25, 0.3) is 11.8 Å². The lowest BCUT2D eigenvalue weighted by Crippen LogP contribution is -2.38. The second-order valence-electron chi connectivity index (χ2n) is 9.09. The van der Waals surface area contributed by atoms with Crippen molar-refractivity contribution in [3.63, 3.8) is 0 Å². The maximum atomic E-state index is 15.2. The van der Waals surface area contributed by atoms with E-state index in [-0.39, 0.29) is 35.1 Å². The van der Waals surface area contributed by atoms with Gasteiger partial charge in [-0.1, -0.05) is 38.8 Å². The molecule has 0 aromatic heterocycles. The molecule has 0 spiro atoms. The standard InChI is InChI=1S/C24H35FN4O3/c1-6-17(7-2)26-22(30)18-13-19(25)20(29-23(31)24(5,8-3)27-28-29)14-21(18)32-15(4)16-11-9-10-12-16/h13-17H,6-12H2,1-5H3,(H,26,30). The average Bonchev–Trinajstić information content (AvgIpc) is 3.42. The van der Waals surface area contributed by atoms with Crippen LogP contribution in [0, 0.1) is 11.7 Å². The molecule has 32 heavy (non-hydrogen) atoms. The maximum absolute atomic E-state index is 15.2. The van der Waals surface area contributed by atoms with Crippen LogP contribution < -0.4 is 15.1 Å². The van der Waals surface area contributed by atoms with E-state index in [0.717, 1.165) is 49.6 Å². The Hall–Kier alpha value is -2.51. The molecule has 8 heteroatoms. The van der Waals surface area contributed by atoms with Crippen molar-refractivity contribution >= 4 is 17.5 Å². The summed E-state index contributed by atoms with van der Waals surface area (Å²) in [6.45, 7) is 9.48. The Morgan fingerprint density at radius 3 is 2.50 bits per heavy atom. The Balaban J connectivity index is 1.97. The van der Waals surface area contributed by atoms with E-state index < -0.39 is 17.3 Å². The van der Waals surface area contributed by atoms with Crippen LogP contribution in [0.4, 0.5) is 10.1 Å². The van der Waals surface area contributed by atoms with Crippen molar-refractivity contribution in [2.45, 2.75) is 97.2 Å². The van der Waals surface area contributed by atoms with Gasteiger partial charge in [0.15, 0.2) is 5.54 Å². The molecule has 1 aliphatic heterocycles. The summed E-state index contributed by atoms with van der Waals surface area (Å²) < 4.78 is 21.4. The third kappa shape index (κ3) is 4.79. The van der Waals surface area contributed by atoms with Gasteiger partial charge in [-0.3, -0.25) is 9.59 Å². The molecule has 3 rings (SSSR count). The van der Waals surface area contributed by atoms with Crippen LogP contribution in [0.3, 0.4) is 0 Å². The van der Waals surface area contributed by atoms with Crippen LogP contribution in [-0.4, -0.2) is 29.5 Å². The van der Waals surface area contributed by atoms with E-state index in [1.54, 1.807) is 6.92 Å². The lowest BCUT2D eigenvalue weighted by Gasteiger charge is -2.25. The van der Waals surface area contributed by atoms with Crippen molar-refractivity contribution in [2.75, 3.05) is 5.01 Å². The first-order valence-electron chi connectivity index (χ1n) is 11.8. The Morgan fingerprint density at radius 1 is 1.28 bits per heavy atom. The molecule has 2 aliphatic rings. The molecule has 0 saturated heterocycles. The van der Waals surface area contributed by atoms with Crippen molar-refractivity contribution in [2.24, 2.45) is 16.3 Å². The van der Waals surface area contributed by atoms with Crippen molar-refractivity contribution in [3.05, 3.63) is 23.5 Å². The van der Waals surface area contributed by atoms with Gasteiger partial charge in [-0.15, -0.1) is 0 Å². The first-order chi connectivity index (χ1) is 15.2. The summed E-state index contributed by atoms with van der Waals surface area (Å²) in [4.78, 5) is 25.9. The lowest BCUT2D eigenvalue weighted by atomic mass is 9.99. The van der Waals surface area contributed by atoms with Crippen LogP contribution >= 0.6 is 0 Å². The van der Waals surface area contributed by atoms with Crippen LogP contribution in [0.15, 0.2) is 22.5 Å². The monoisotopic (exact) mass is 446 g/mol. The number of anilines is 1. The Labute approximate surface area is 189 Å². The average molecular weight is 447 g/mol. The maximum Gasteiger partial charge on any atom is 0.278 e. The van der Waals surface area contributed by atoms with Crippen molar-refractivity contribution in [1.29, 1.82) is 0 Å². The van der Waals surface area contributed by atoms with E-state index in [1.807, 2.05) is 27.7 Å². The van der Waals surface area contributed by atoms with Crippen LogP contribution in [0.25, 0.3) is 0 Å². The molecule has 7 nitrogen and oxygen atoms in total. The minimum Gasteiger partial charge on any atom is -0.490 e. The summed E-state index contributed by atoms with van der Waals surface area (Å²) in [6, 6.07) is 2.55. The fraction of sp³-hybridized carbons (Fsp3) is 0.667. The van der Waals surface area contributed by atoms with Gasteiger partial charge < -0.3 is 10.1 Å². The molecule has 2 atom stereocenters. The number of benzene rings is 1. The van der Waals surface area contributed by atoms with E-state index >= 15 is 4.39 Å². The van der Waals surface area contributed by atoms with Gasteiger partial charge in [-0.05, 0) is 57.9 Å². The quantitative estimate of drug-likeness (QED) is 0.537. The highest BCUT2D eigenvalue weighted by Crippen LogP contribution is 2.37. The largest absolute Gasteiger partial charge is 0.490 e. The van der Waals surface area contributed by atoms with E-state index in [9.17, 15) is 9.59 Å². The Bertz CT molecular complexity index is 880. The molecule has 2 unspecified atom stereocenters. The molecule has 0 radical (unpaired) electrons. The van der Waals surface area contributed by atoms with Gasteiger partial charge in [0.1, 0.15) is 17.3 Å². The number of hydrogen-bond donors (Lipinski definition) is 1. The molecular formula is C24H35FN4O3. The zero-order valence-corrected chi connectivity index (χ0v) is 19.8.